The van der Waals surface area contributed by atoms with Crippen LogP contribution >= 0.6 is 0 Å². The predicted octanol–water partition coefficient (Wildman–Crippen LogP) is 4.38. The van der Waals surface area contributed by atoms with E-state index in [1.54, 1.807) is 0 Å². The zero-order valence-corrected chi connectivity index (χ0v) is 11.8. The first-order valence-electron chi connectivity index (χ1n) is 7.25. The van der Waals surface area contributed by atoms with Gasteiger partial charge in [0.05, 0.1) is 5.39 Å². The zero-order valence-electron chi connectivity index (χ0n) is 11.8. The van der Waals surface area contributed by atoms with Gasteiger partial charge in [-0.2, -0.15) is 0 Å². The molecule has 4 aromatic rings. The van der Waals surface area contributed by atoms with Crippen molar-refractivity contribution in [1.82, 2.24) is 0 Å². The van der Waals surface area contributed by atoms with Gasteiger partial charge in [0.1, 0.15) is 0 Å². The largest absolute Gasteiger partial charge is 0.385 e. The van der Waals surface area contributed by atoms with Crippen molar-refractivity contribution >= 4 is 38.0 Å². The Hall–Kier alpha value is -2.61. The van der Waals surface area contributed by atoms with Crippen molar-refractivity contribution in [3.8, 4) is 0 Å². The van der Waals surface area contributed by atoms with Gasteiger partial charge in [-0.05, 0) is 29.1 Å². The van der Waals surface area contributed by atoms with Gasteiger partial charge < -0.3 is 5.32 Å². The molecule has 0 aliphatic rings. The maximum Gasteiger partial charge on any atom is 0.196 e. The Morgan fingerprint density at radius 2 is 1.52 bits per heavy atom. The smallest absolute Gasteiger partial charge is 0.196 e. The number of hydrogen-bond donors (Lipinski definition) is 1. The molecule has 0 aliphatic heterocycles. The van der Waals surface area contributed by atoms with E-state index in [1.807, 2.05) is 43.3 Å². The Bertz CT molecular complexity index is 1020. The molecular formula is C19H15NO. The number of rotatable bonds is 2. The molecule has 4 rings (SSSR count). The van der Waals surface area contributed by atoms with E-state index < -0.39 is 0 Å². The molecule has 0 fully saturated rings. The van der Waals surface area contributed by atoms with Gasteiger partial charge in [0.15, 0.2) is 5.43 Å². The second kappa shape index (κ2) is 4.45. The van der Waals surface area contributed by atoms with E-state index in [0.29, 0.717) is 0 Å². The van der Waals surface area contributed by atoms with Gasteiger partial charge in [-0.3, -0.25) is 4.79 Å². The lowest BCUT2D eigenvalue weighted by Crippen LogP contribution is -2.04. The molecule has 1 N–H and O–H groups in total. The molecule has 0 aliphatic carbocycles. The van der Waals surface area contributed by atoms with Gasteiger partial charge in [-0.25, -0.2) is 0 Å². The molecule has 4 aromatic carbocycles. The maximum atomic E-state index is 12.9. The molecule has 2 nitrogen and oxygen atoms in total. The maximum absolute atomic E-state index is 12.9. The third-order valence-electron chi connectivity index (χ3n) is 4.08. The fourth-order valence-electron chi connectivity index (χ4n) is 3.24. The first-order valence-corrected chi connectivity index (χ1v) is 7.25. The fourth-order valence-corrected chi connectivity index (χ4v) is 3.24. The van der Waals surface area contributed by atoms with Crippen LogP contribution in [0, 0.1) is 0 Å². The Labute approximate surface area is 122 Å². The molecule has 0 unspecified atom stereocenters. The van der Waals surface area contributed by atoms with Crippen LogP contribution in [0.3, 0.4) is 0 Å². The first kappa shape index (κ1) is 12.2. The van der Waals surface area contributed by atoms with Crippen molar-refractivity contribution < 1.29 is 0 Å². The molecular weight excluding hydrogens is 258 g/mol. The SMILES string of the molecule is CCNc1cc2ccccc3c4ccccc4c(=O)c1c23. The van der Waals surface area contributed by atoms with E-state index in [9.17, 15) is 4.79 Å². The van der Waals surface area contributed by atoms with Crippen LogP contribution in [0.15, 0.2) is 59.4 Å². The summed E-state index contributed by atoms with van der Waals surface area (Å²) in [5.74, 6) is 0. The second-order valence-corrected chi connectivity index (χ2v) is 5.30. The minimum Gasteiger partial charge on any atom is -0.385 e. The summed E-state index contributed by atoms with van der Waals surface area (Å²) < 4.78 is 0. The Morgan fingerprint density at radius 3 is 2.29 bits per heavy atom. The zero-order chi connectivity index (χ0) is 14.4. The highest BCUT2D eigenvalue weighted by atomic mass is 16.1. The normalized spacial score (nSPS) is 11.5. The summed E-state index contributed by atoms with van der Waals surface area (Å²) in [5.41, 5.74) is 1.06. The number of anilines is 1. The van der Waals surface area contributed by atoms with Crippen molar-refractivity contribution in [3.63, 3.8) is 0 Å². The number of hydrogen-bond acceptors (Lipinski definition) is 2. The fraction of sp³-hybridized carbons (Fsp3) is 0.105. The quantitative estimate of drug-likeness (QED) is 0.587. The minimum absolute atomic E-state index is 0.121. The molecule has 0 saturated heterocycles. The summed E-state index contributed by atoms with van der Waals surface area (Å²) in [6, 6.07) is 18.2. The molecule has 0 saturated carbocycles. The van der Waals surface area contributed by atoms with E-state index in [4.69, 9.17) is 0 Å². The monoisotopic (exact) mass is 273 g/mol. The van der Waals surface area contributed by atoms with Crippen molar-refractivity contribution in [2.45, 2.75) is 6.92 Å². The minimum atomic E-state index is 0.121. The van der Waals surface area contributed by atoms with Gasteiger partial charge in [0, 0.05) is 23.0 Å². The van der Waals surface area contributed by atoms with E-state index in [-0.39, 0.29) is 5.43 Å². The lowest BCUT2D eigenvalue weighted by molar-refractivity contribution is 1.22. The highest BCUT2D eigenvalue weighted by Gasteiger charge is 2.15. The van der Waals surface area contributed by atoms with Gasteiger partial charge in [0.25, 0.3) is 0 Å². The van der Waals surface area contributed by atoms with Crippen molar-refractivity contribution in [3.05, 3.63) is 64.8 Å². The van der Waals surface area contributed by atoms with Crippen LogP contribution in [-0.2, 0) is 0 Å². The summed E-state index contributed by atoms with van der Waals surface area (Å²) in [4.78, 5) is 12.9. The average molecular weight is 273 g/mol. The van der Waals surface area contributed by atoms with Gasteiger partial charge in [-0.1, -0.05) is 48.5 Å². The molecule has 0 heterocycles. The molecule has 21 heavy (non-hydrogen) atoms. The summed E-state index contributed by atoms with van der Waals surface area (Å²) in [5, 5.41) is 9.30. The van der Waals surface area contributed by atoms with E-state index in [1.165, 1.54) is 0 Å². The first-order chi connectivity index (χ1) is 10.3. The van der Waals surface area contributed by atoms with Crippen LogP contribution in [0.1, 0.15) is 6.92 Å². The highest BCUT2D eigenvalue weighted by Crippen LogP contribution is 2.35. The van der Waals surface area contributed by atoms with Crippen LogP contribution in [0.25, 0.3) is 32.3 Å². The van der Waals surface area contributed by atoms with Crippen LogP contribution in [-0.4, -0.2) is 6.54 Å². The van der Waals surface area contributed by atoms with E-state index >= 15 is 0 Å². The van der Waals surface area contributed by atoms with E-state index in [0.717, 1.165) is 44.5 Å². The Kier molecular flexibility index (Phi) is 2.58. The molecule has 0 spiro atoms. The van der Waals surface area contributed by atoms with Crippen molar-refractivity contribution in [1.29, 1.82) is 0 Å². The highest BCUT2D eigenvalue weighted by molar-refractivity contribution is 6.25. The van der Waals surface area contributed by atoms with Crippen molar-refractivity contribution in [2.24, 2.45) is 0 Å². The standard InChI is InChI=1S/C19H15NO/c1-2-20-16-11-12-7-3-4-9-14-13-8-5-6-10-15(13)19(21)18(16)17(12)14/h3-11,20H,2H2,1H3. The number of benzene rings is 2. The summed E-state index contributed by atoms with van der Waals surface area (Å²) in [6.07, 6.45) is 0. The number of nitrogens with one attached hydrogen (secondary N) is 1. The topological polar surface area (TPSA) is 29.1 Å². The molecule has 102 valence electrons. The van der Waals surface area contributed by atoms with Crippen LogP contribution in [0.2, 0.25) is 0 Å². The molecule has 0 atom stereocenters. The summed E-state index contributed by atoms with van der Waals surface area (Å²) in [6.45, 7) is 2.85. The van der Waals surface area contributed by atoms with E-state index in [2.05, 4.69) is 23.5 Å². The summed E-state index contributed by atoms with van der Waals surface area (Å²) >= 11 is 0. The number of fused-ring (bicyclic) bond motifs is 2. The Morgan fingerprint density at radius 1 is 0.857 bits per heavy atom. The van der Waals surface area contributed by atoms with Crippen LogP contribution in [0.5, 0.6) is 0 Å². The summed E-state index contributed by atoms with van der Waals surface area (Å²) in [7, 11) is 0. The van der Waals surface area contributed by atoms with Crippen LogP contribution in [0.4, 0.5) is 5.69 Å². The molecule has 0 radical (unpaired) electrons. The van der Waals surface area contributed by atoms with Gasteiger partial charge >= 0.3 is 0 Å². The van der Waals surface area contributed by atoms with Crippen molar-refractivity contribution in [2.75, 3.05) is 11.9 Å². The second-order valence-electron chi connectivity index (χ2n) is 5.30. The Balaban J connectivity index is 2.39. The third kappa shape index (κ3) is 1.62. The molecule has 0 aromatic heterocycles. The molecule has 0 bridgehead atoms. The lowest BCUT2D eigenvalue weighted by atomic mass is 10.0. The predicted molar refractivity (Wildman–Crippen MR) is 90.6 cm³/mol. The van der Waals surface area contributed by atoms with Crippen LogP contribution < -0.4 is 10.7 Å². The van der Waals surface area contributed by atoms with Gasteiger partial charge in [-0.15, -0.1) is 0 Å². The average Bonchev–Trinajstić information content (AvgIpc) is 2.72. The molecule has 2 heteroatoms. The molecule has 0 amide bonds. The lowest BCUT2D eigenvalue weighted by Gasteiger charge is -2.04. The third-order valence-corrected chi connectivity index (χ3v) is 4.08. The van der Waals surface area contributed by atoms with Gasteiger partial charge in [0.2, 0.25) is 0 Å².